The van der Waals surface area contributed by atoms with Crippen molar-refractivity contribution in [1.82, 2.24) is 0 Å². The Morgan fingerprint density at radius 1 is 1.19 bits per heavy atom. The summed E-state index contributed by atoms with van der Waals surface area (Å²) in [4.78, 5) is 38.6. The zero-order valence-electron chi connectivity index (χ0n) is 14.3. The van der Waals surface area contributed by atoms with E-state index in [1.807, 2.05) is 30.5 Å². The van der Waals surface area contributed by atoms with E-state index in [4.69, 9.17) is 5.73 Å². The summed E-state index contributed by atoms with van der Waals surface area (Å²) in [5, 5.41) is 2.79. The van der Waals surface area contributed by atoms with Crippen LogP contribution in [0.5, 0.6) is 0 Å². The van der Waals surface area contributed by atoms with Gasteiger partial charge in [-0.15, -0.1) is 11.8 Å². The highest BCUT2D eigenvalue weighted by molar-refractivity contribution is 7.98. The molecule has 3 N–H and O–H groups in total. The van der Waals surface area contributed by atoms with Gasteiger partial charge in [-0.1, -0.05) is 6.07 Å². The van der Waals surface area contributed by atoms with Crippen LogP contribution in [0.25, 0.3) is 0 Å². The van der Waals surface area contributed by atoms with Gasteiger partial charge in [-0.25, -0.2) is 0 Å². The lowest BCUT2D eigenvalue weighted by molar-refractivity contribution is -0.122. The first kappa shape index (κ1) is 18.0. The van der Waals surface area contributed by atoms with E-state index >= 15 is 0 Å². The maximum atomic E-state index is 12.5. The third-order valence-electron chi connectivity index (χ3n) is 4.30. The summed E-state index contributed by atoms with van der Waals surface area (Å²) < 4.78 is 0. The summed E-state index contributed by atoms with van der Waals surface area (Å²) in [7, 11) is 0. The highest BCUT2D eigenvalue weighted by atomic mass is 32.2. The van der Waals surface area contributed by atoms with Gasteiger partial charge in [-0.05, 0) is 48.7 Å². The summed E-state index contributed by atoms with van der Waals surface area (Å²) in [5.74, 6) is -1.22. The number of hydrogen-bond donors (Lipinski definition) is 2. The topological polar surface area (TPSA) is 92.5 Å². The average molecular weight is 369 g/mol. The maximum Gasteiger partial charge on any atom is 0.248 e. The standard InChI is InChI=1S/C19H19N3O3S/c1-26-16-4-2-3-15(10-16)22-11-13(9-17(22)23)19(25)21-14-7-5-12(6-8-14)18(20)24/h2-8,10,13H,9,11H2,1H3,(H2,20,24)(H,21,25)/t13-/m1/s1. The van der Waals surface area contributed by atoms with Crippen LogP contribution >= 0.6 is 11.8 Å². The molecular formula is C19H19N3O3S. The van der Waals surface area contributed by atoms with E-state index in [0.29, 0.717) is 17.8 Å². The molecule has 0 saturated carbocycles. The summed E-state index contributed by atoms with van der Waals surface area (Å²) in [6.07, 6.45) is 2.15. The number of amides is 3. The zero-order chi connectivity index (χ0) is 18.7. The molecule has 1 aliphatic heterocycles. The second-order valence-corrected chi connectivity index (χ2v) is 6.92. The summed E-state index contributed by atoms with van der Waals surface area (Å²) in [5.41, 5.74) is 6.95. The predicted molar refractivity (Wildman–Crippen MR) is 102 cm³/mol. The summed E-state index contributed by atoms with van der Waals surface area (Å²) in [6.45, 7) is 0.349. The molecule has 0 aliphatic carbocycles. The fourth-order valence-electron chi connectivity index (χ4n) is 2.87. The van der Waals surface area contributed by atoms with Crippen LogP contribution in [0.3, 0.4) is 0 Å². The zero-order valence-corrected chi connectivity index (χ0v) is 15.1. The molecule has 1 heterocycles. The number of hydrogen-bond acceptors (Lipinski definition) is 4. The first-order valence-corrected chi connectivity index (χ1v) is 9.35. The van der Waals surface area contributed by atoms with Crippen molar-refractivity contribution in [1.29, 1.82) is 0 Å². The van der Waals surface area contributed by atoms with Crippen LogP contribution in [0.4, 0.5) is 11.4 Å². The van der Waals surface area contributed by atoms with Crippen LogP contribution in [0.2, 0.25) is 0 Å². The second-order valence-electron chi connectivity index (χ2n) is 6.04. The van der Waals surface area contributed by atoms with Crippen LogP contribution in [0.15, 0.2) is 53.4 Å². The van der Waals surface area contributed by atoms with Gasteiger partial charge in [0.05, 0.1) is 5.92 Å². The molecule has 1 aliphatic rings. The first-order chi connectivity index (χ1) is 12.5. The van der Waals surface area contributed by atoms with E-state index < -0.39 is 11.8 Å². The van der Waals surface area contributed by atoms with Crippen molar-refractivity contribution < 1.29 is 14.4 Å². The minimum absolute atomic E-state index is 0.0625. The van der Waals surface area contributed by atoms with E-state index in [9.17, 15) is 14.4 Å². The fourth-order valence-corrected chi connectivity index (χ4v) is 3.33. The molecule has 0 bridgehead atoms. The lowest BCUT2D eigenvalue weighted by Gasteiger charge is -2.17. The van der Waals surface area contributed by atoms with Gasteiger partial charge in [-0.2, -0.15) is 0 Å². The number of nitrogens with two attached hydrogens (primary N) is 1. The second kappa shape index (κ2) is 7.61. The lowest BCUT2D eigenvalue weighted by atomic mass is 10.1. The third-order valence-corrected chi connectivity index (χ3v) is 5.02. The molecule has 0 unspecified atom stereocenters. The minimum atomic E-state index is -0.521. The van der Waals surface area contributed by atoms with Crippen LogP contribution in [-0.4, -0.2) is 30.5 Å². The molecule has 134 valence electrons. The number of carbonyl (C=O) groups excluding carboxylic acids is 3. The third kappa shape index (κ3) is 3.88. The van der Waals surface area contributed by atoms with Gasteiger partial charge >= 0.3 is 0 Å². The summed E-state index contributed by atoms with van der Waals surface area (Å²) >= 11 is 1.60. The molecule has 0 radical (unpaired) electrons. The quantitative estimate of drug-likeness (QED) is 0.792. The van der Waals surface area contributed by atoms with Crippen LogP contribution in [-0.2, 0) is 9.59 Å². The number of rotatable bonds is 5. The first-order valence-electron chi connectivity index (χ1n) is 8.13. The van der Waals surface area contributed by atoms with E-state index in [1.165, 1.54) is 0 Å². The van der Waals surface area contributed by atoms with E-state index in [-0.39, 0.29) is 18.2 Å². The van der Waals surface area contributed by atoms with Gasteiger partial charge in [0, 0.05) is 34.8 Å². The molecule has 1 atom stereocenters. The molecule has 7 heteroatoms. The Balaban J connectivity index is 1.67. The molecule has 1 fully saturated rings. The monoisotopic (exact) mass is 369 g/mol. The molecular weight excluding hydrogens is 350 g/mol. The average Bonchev–Trinajstić information content (AvgIpc) is 3.04. The van der Waals surface area contributed by atoms with Gasteiger partial charge in [0.1, 0.15) is 0 Å². The predicted octanol–water partition coefficient (Wildman–Crippen LogP) is 2.50. The van der Waals surface area contributed by atoms with Gasteiger partial charge < -0.3 is 16.0 Å². The molecule has 6 nitrogen and oxygen atoms in total. The number of anilines is 2. The maximum absolute atomic E-state index is 12.5. The van der Waals surface area contributed by atoms with E-state index in [2.05, 4.69) is 5.32 Å². The molecule has 0 aromatic heterocycles. The van der Waals surface area contributed by atoms with Gasteiger partial charge in [0.25, 0.3) is 0 Å². The number of nitrogens with one attached hydrogen (secondary N) is 1. The SMILES string of the molecule is CSc1cccc(N2C[C@H](C(=O)Nc3ccc(C(N)=O)cc3)CC2=O)c1. The molecule has 2 aromatic carbocycles. The Morgan fingerprint density at radius 2 is 1.92 bits per heavy atom. The Bertz CT molecular complexity index is 851. The molecule has 3 rings (SSSR count). The number of carbonyl (C=O) groups is 3. The van der Waals surface area contributed by atoms with Crippen LogP contribution < -0.4 is 16.0 Å². The highest BCUT2D eigenvalue weighted by Gasteiger charge is 2.35. The normalized spacial score (nSPS) is 16.6. The van der Waals surface area contributed by atoms with Crippen molar-refractivity contribution in [3.05, 3.63) is 54.1 Å². The lowest BCUT2D eigenvalue weighted by Crippen LogP contribution is -2.28. The van der Waals surface area contributed by atoms with Crippen molar-refractivity contribution in [2.45, 2.75) is 11.3 Å². The molecule has 0 spiro atoms. The van der Waals surface area contributed by atoms with Crippen molar-refractivity contribution in [3.63, 3.8) is 0 Å². The molecule has 2 aromatic rings. The number of primary amides is 1. The van der Waals surface area contributed by atoms with Gasteiger partial charge in [0.15, 0.2) is 0 Å². The van der Waals surface area contributed by atoms with Gasteiger partial charge in [-0.3, -0.25) is 14.4 Å². The van der Waals surface area contributed by atoms with Crippen molar-refractivity contribution in [2.24, 2.45) is 11.7 Å². The van der Waals surface area contributed by atoms with Crippen LogP contribution in [0, 0.1) is 5.92 Å². The van der Waals surface area contributed by atoms with Gasteiger partial charge in [0.2, 0.25) is 17.7 Å². The fraction of sp³-hybridized carbons (Fsp3) is 0.211. The van der Waals surface area contributed by atoms with E-state index in [0.717, 1.165) is 10.6 Å². The molecule has 26 heavy (non-hydrogen) atoms. The number of benzene rings is 2. The largest absolute Gasteiger partial charge is 0.366 e. The molecule has 3 amide bonds. The van der Waals surface area contributed by atoms with Crippen molar-refractivity contribution in [3.8, 4) is 0 Å². The Kier molecular flexibility index (Phi) is 5.27. The Hall–Kier alpha value is -2.80. The number of thioether (sulfide) groups is 1. The minimum Gasteiger partial charge on any atom is -0.366 e. The smallest absolute Gasteiger partial charge is 0.248 e. The molecule has 1 saturated heterocycles. The Morgan fingerprint density at radius 3 is 2.58 bits per heavy atom. The van der Waals surface area contributed by atoms with Crippen molar-refractivity contribution >= 4 is 40.9 Å². The summed E-state index contributed by atoms with van der Waals surface area (Å²) in [6, 6.07) is 14.1. The Labute approximate surface area is 155 Å². The van der Waals surface area contributed by atoms with Crippen LogP contribution in [0.1, 0.15) is 16.8 Å². The highest BCUT2D eigenvalue weighted by Crippen LogP contribution is 2.28. The van der Waals surface area contributed by atoms with Crippen molar-refractivity contribution in [2.75, 3.05) is 23.0 Å². The van der Waals surface area contributed by atoms with E-state index in [1.54, 1.807) is 40.9 Å². The number of nitrogens with zero attached hydrogens (tertiary/aromatic N) is 1.